The summed E-state index contributed by atoms with van der Waals surface area (Å²) in [4.78, 5) is 0. The predicted molar refractivity (Wildman–Crippen MR) is 75.7 cm³/mol. The minimum absolute atomic E-state index is 0.148. The van der Waals surface area contributed by atoms with Gasteiger partial charge in [0.1, 0.15) is 0 Å². The highest BCUT2D eigenvalue weighted by atomic mass is 16.5. The molecule has 1 aromatic carbocycles. The number of nitrogens with one attached hydrogen (secondary N) is 1. The summed E-state index contributed by atoms with van der Waals surface area (Å²) in [5.41, 5.74) is 6.50. The van der Waals surface area contributed by atoms with Gasteiger partial charge in [-0.25, -0.2) is 0 Å². The lowest BCUT2D eigenvalue weighted by atomic mass is 9.78. The highest BCUT2D eigenvalue weighted by Crippen LogP contribution is 2.46. The lowest BCUT2D eigenvalue weighted by molar-refractivity contribution is -0.0753. The molecule has 1 aliphatic heterocycles. The Morgan fingerprint density at radius 1 is 1.17 bits per heavy atom. The second-order valence-electron chi connectivity index (χ2n) is 6.33. The van der Waals surface area contributed by atoms with Crippen LogP contribution in [0.5, 0.6) is 0 Å². The largest absolute Gasteiger partial charge is 0.375 e. The first-order valence-corrected chi connectivity index (χ1v) is 6.54. The number of anilines is 1. The van der Waals surface area contributed by atoms with Crippen molar-refractivity contribution >= 4 is 5.69 Å². The molecule has 0 saturated carbocycles. The number of hydrogen-bond donors (Lipinski definition) is 2. The lowest BCUT2D eigenvalue weighted by Crippen LogP contribution is -2.57. The van der Waals surface area contributed by atoms with E-state index in [0.29, 0.717) is 6.54 Å². The molecule has 1 aliphatic rings. The van der Waals surface area contributed by atoms with Crippen LogP contribution in [0.2, 0.25) is 0 Å². The average molecular weight is 248 g/mol. The fraction of sp³-hybridized carbons (Fsp3) is 0.600. The van der Waals surface area contributed by atoms with E-state index in [2.05, 4.69) is 45.1 Å². The number of nitrogens with two attached hydrogens (primary N) is 1. The maximum Gasteiger partial charge on any atom is 0.0875 e. The van der Waals surface area contributed by atoms with Crippen molar-refractivity contribution < 1.29 is 4.74 Å². The van der Waals surface area contributed by atoms with Crippen molar-refractivity contribution in [1.29, 1.82) is 0 Å². The van der Waals surface area contributed by atoms with Gasteiger partial charge in [-0.05, 0) is 39.8 Å². The molecule has 3 nitrogen and oxygen atoms in total. The van der Waals surface area contributed by atoms with Gasteiger partial charge in [0.25, 0.3) is 0 Å². The third-order valence-electron chi connectivity index (χ3n) is 3.92. The maximum absolute atomic E-state index is 6.17. The number of ether oxygens (including phenoxy) is 1. The Morgan fingerprint density at radius 2 is 1.78 bits per heavy atom. The molecular weight excluding hydrogens is 224 g/mol. The molecule has 1 aromatic rings. The van der Waals surface area contributed by atoms with Crippen molar-refractivity contribution in [3.63, 3.8) is 0 Å². The Morgan fingerprint density at radius 3 is 2.22 bits per heavy atom. The first kappa shape index (κ1) is 13.4. The van der Waals surface area contributed by atoms with E-state index in [-0.39, 0.29) is 16.7 Å². The van der Waals surface area contributed by atoms with Gasteiger partial charge in [-0.2, -0.15) is 0 Å². The predicted octanol–water partition coefficient (Wildman–Crippen LogP) is 2.77. The van der Waals surface area contributed by atoms with E-state index in [1.165, 1.54) is 0 Å². The van der Waals surface area contributed by atoms with Gasteiger partial charge in [-0.1, -0.05) is 18.2 Å². The van der Waals surface area contributed by atoms with Crippen molar-refractivity contribution in [2.24, 2.45) is 5.73 Å². The minimum Gasteiger partial charge on any atom is -0.375 e. The van der Waals surface area contributed by atoms with Crippen LogP contribution in [-0.2, 0) is 4.74 Å². The summed E-state index contributed by atoms with van der Waals surface area (Å²) in [6.07, 6.45) is 0.901. The fourth-order valence-corrected chi connectivity index (χ4v) is 3.13. The Kier molecular flexibility index (Phi) is 3.16. The zero-order valence-electron chi connectivity index (χ0n) is 11.8. The molecule has 0 bridgehead atoms. The van der Waals surface area contributed by atoms with E-state index in [0.717, 1.165) is 12.1 Å². The van der Waals surface area contributed by atoms with Gasteiger partial charge in [0.15, 0.2) is 0 Å². The highest BCUT2D eigenvalue weighted by molar-refractivity contribution is 5.47. The summed E-state index contributed by atoms with van der Waals surface area (Å²) in [6.45, 7) is 9.03. The quantitative estimate of drug-likeness (QED) is 0.864. The molecule has 3 N–H and O–H groups in total. The lowest BCUT2D eigenvalue weighted by Gasteiger charge is -2.40. The van der Waals surface area contributed by atoms with E-state index in [1.807, 2.05) is 18.2 Å². The molecule has 1 heterocycles. The number of rotatable bonds is 3. The van der Waals surface area contributed by atoms with E-state index in [9.17, 15) is 0 Å². The Hall–Kier alpha value is -1.06. The average Bonchev–Trinajstić information content (AvgIpc) is 2.45. The molecule has 100 valence electrons. The third-order valence-corrected chi connectivity index (χ3v) is 3.92. The van der Waals surface area contributed by atoms with Gasteiger partial charge >= 0.3 is 0 Å². The zero-order chi connectivity index (χ0) is 13.4. The Labute approximate surface area is 110 Å². The van der Waals surface area contributed by atoms with Gasteiger partial charge in [0.05, 0.1) is 16.7 Å². The highest BCUT2D eigenvalue weighted by Gasteiger charge is 2.56. The molecule has 2 rings (SSSR count). The first-order valence-electron chi connectivity index (χ1n) is 6.54. The van der Waals surface area contributed by atoms with Gasteiger partial charge in [0, 0.05) is 18.7 Å². The van der Waals surface area contributed by atoms with Crippen molar-refractivity contribution in [2.45, 2.75) is 50.9 Å². The molecule has 0 amide bonds. The summed E-state index contributed by atoms with van der Waals surface area (Å²) in [5.74, 6) is 0. The summed E-state index contributed by atoms with van der Waals surface area (Å²) in [5, 5.41) is 3.60. The van der Waals surface area contributed by atoms with Crippen molar-refractivity contribution in [3.05, 3.63) is 30.3 Å². The fourth-order valence-electron chi connectivity index (χ4n) is 3.13. The van der Waals surface area contributed by atoms with Crippen LogP contribution in [0.15, 0.2) is 30.3 Å². The molecule has 1 fully saturated rings. The molecule has 1 unspecified atom stereocenters. The maximum atomic E-state index is 6.17. The molecule has 0 aliphatic carbocycles. The monoisotopic (exact) mass is 248 g/mol. The normalized spacial score (nSPS) is 29.2. The minimum atomic E-state index is -0.291. The van der Waals surface area contributed by atoms with Crippen molar-refractivity contribution in [2.75, 3.05) is 11.9 Å². The molecule has 1 saturated heterocycles. The SMILES string of the molecule is CC1(C)CC(CN)(Nc2ccccc2)C(C)(C)O1. The van der Waals surface area contributed by atoms with Crippen LogP contribution >= 0.6 is 0 Å². The second-order valence-corrected chi connectivity index (χ2v) is 6.33. The topological polar surface area (TPSA) is 47.3 Å². The first-order chi connectivity index (χ1) is 8.30. The Balaban J connectivity index is 2.31. The van der Waals surface area contributed by atoms with Crippen LogP contribution in [0.3, 0.4) is 0 Å². The van der Waals surface area contributed by atoms with Gasteiger partial charge in [-0.15, -0.1) is 0 Å². The number of para-hydroxylation sites is 1. The smallest absolute Gasteiger partial charge is 0.0875 e. The Bertz CT molecular complexity index is 414. The van der Waals surface area contributed by atoms with Crippen LogP contribution in [0, 0.1) is 0 Å². The third kappa shape index (κ3) is 2.25. The molecule has 18 heavy (non-hydrogen) atoms. The summed E-state index contributed by atoms with van der Waals surface area (Å²) in [7, 11) is 0. The summed E-state index contributed by atoms with van der Waals surface area (Å²) < 4.78 is 6.17. The van der Waals surface area contributed by atoms with Crippen molar-refractivity contribution in [3.8, 4) is 0 Å². The van der Waals surface area contributed by atoms with E-state index >= 15 is 0 Å². The van der Waals surface area contributed by atoms with E-state index in [1.54, 1.807) is 0 Å². The summed E-state index contributed by atoms with van der Waals surface area (Å²) in [6, 6.07) is 10.2. The van der Waals surface area contributed by atoms with E-state index < -0.39 is 0 Å². The molecule has 3 heteroatoms. The number of benzene rings is 1. The standard InChI is InChI=1S/C15H24N2O/c1-13(2)10-15(11-16,14(3,4)18-13)17-12-8-6-5-7-9-12/h5-9,17H,10-11,16H2,1-4H3. The molecule has 0 radical (unpaired) electrons. The molecule has 1 atom stereocenters. The number of hydrogen-bond acceptors (Lipinski definition) is 3. The summed E-state index contributed by atoms with van der Waals surface area (Å²) >= 11 is 0. The van der Waals surface area contributed by atoms with Crippen molar-refractivity contribution in [1.82, 2.24) is 0 Å². The molecule has 0 spiro atoms. The van der Waals surface area contributed by atoms with Gasteiger partial charge < -0.3 is 15.8 Å². The van der Waals surface area contributed by atoms with Crippen LogP contribution in [0.1, 0.15) is 34.1 Å². The van der Waals surface area contributed by atoms with Gasteiger partial charge in [-0.3, -0.25) is 0 Å². The van der Waals surface area contributed by atoms with Crippen LogP contribution < -0.4 is 11.1 Å². The molecular formula is C15H24N2O. The van der Waals surface area contributed by atoms with Crippen LogP contribution in [-0.4, -0.2) is 23.3 Å². The van der Waals surface area contributed by atoms with Crippen LogP contribution in [0.25, 0.3) is 0 Å². The molecule has 0 aromatic heterocycles. The van der Waals surface area contributed by atoms with Gasteiger partial charge in [0.2, 0.25) is 0 Å². The van der Waals surface area contributed by atoms with Crippen LogP contribution in [0.4, 0.5) is 5.69 Å². The second kappa shape index (κ2) is 4.25. The zero-order valence-corrected chi connectivity index (χ0v) is 11.8. The van der Waals surface area contributed by atoms with E-state index in [4.69, 9.17) is 10.5 Å².